The summed E-state index contributed by atoms with van der Waals surface area (Å²) in [5.41, 5.74) is 1.20. The van der Waals surface area contributed by atoms with Crippen molar-refractivity contribution >= 4 is 5.82 Å². The number of nitrogens with one attached hydrogen (secondary N) is 1. The quantitative estimate of drug-likeness (QED) is 0.745. The Morgan fingerprint density at radius 1 is 1.38 bits per heavy atom. The summed E-state index contributed by atoms with van der Waals surface area (Å²) in [6, 6.07) is 2.35. The van der Waals surface area contributed by atoms with E-state index >= 15 is 0 Å². The van der Waals surface area contributed by atoms with Crippen molar-refractivity contribution in [3.8, 4) is 0 Å². The number of rotatable bonds is 8. The van der Waals surface area contributed by atoms with Crippen LogP contribution in [0, 0.1) is 0 Å². The second-order valence-corrected chi connectivity index (χ2v) is 5.77. The summed E-state index contributed by atoms with van der Waals surface area (Å²) in [4.78, 5) is 0. The summed E-state index contributed by atoms with van der Waals surface area (Å²) >= 11 is 0. The Morgan fingerprint density at radius 2 is 2.14 bits per heavy atom. The zero-order chi connectivity index (χ0) is 15.2. The molecule has 21 heavy (non-hydrogen) atoms. The Morgan fingerprint density at radius 3 is 2.76 bits per heavy atom. The van der Waals surface area contributed by atoms with Gasteiger partial charge in [0.25, 0.3) is 0 Å². The molecule has 0 aromatic carbocycles. The Bertz CT molecular complexity index is 429. The van der Waals surface area contributed by atoms with Crippen LogP contribution in [0.4, 0.5) is 5.82 Å². The molecule has 0 bridgehead atoms. The Balaban J connectivity index is 2.21. The lowest BCUT2D eigenvalue weighted by Gasteiger charge is -2.30. The molecule has 5 nitrogen and oxygen atoms in total. The molecule has 0 saturated heterocycles. The first kappa shape index (κ1) is 16.3. The van der Waals surface area contributed by atoms with E-state index in [0.29, 0.717) is 5.92 Å². The SMILES string of the molecule is CCCCC(CC)c1cc2n(n1)C(C(OC)OC)CCN2. The Kier molecular flexibility index (Phi) is 6.06. The van der Waals surface area contributed by atoms with Crippen LogP contribution >= 0.6 is 0 Å². The van der Waals surface area contributed by atoms with Gasteiger partial charge in [-0.3, -0.25) is 0 Å². The molecule has 2 rings (SSSR count). The number of ether oxygens (including phenoxy) is 2. The van der Waals surface area contributed by atoms with Crippen molar-refractivity contribution in [3.05, 3.63) is 11.8 Å². The van der Waals surface area contributed by atoms with Gasteiger partial charge in [-0.25, -0.2) is 4.68 Å². The van der Waals surface area contributed by atoms with E-state index in [1.54, 1.807) is 14.2 Å². The van der Waals surface area contributed by atoms with E-state index in [-0.39, 0.29) is 12.3 Å². The first-order valence-electron chi connectivity index (χ1n) is 8.14. The van der Waals surface area contributed by atoms with Gasteiger partial charge in [0.15, 0.2) is 6.29 Å². The van der Waals surface area contributed by atoms with E-state index in [4.69, 9.17) is 14.6 Å². The van der Waals surface area contributed by atoms with Gasteiger partial charge in [0.2, 0.25) is 0 Å². The number of fused-ring (bicyclic) bond motifs is 1. The second kappa shape index (κ2) is 7.80. The van der Waals surface area contributed by atoms with Gasteiger partial charge in [-0.2, -0.15) is 5.10 Å². The summed E-state index contributed by atoms with van der Waals surface area (Å²) in [5, 5.41) is 8.31. The molecule has 0 spiro atoms. The molecule has 0 saturated carbocycles. The number of unbranched alkanes of at least 4 members (excludes halogenated alkanes) is 1. The molecule has 2 atom stereocenters. The van der Waals surface area contributed by atoms with Crippen molar-refractivity contribution in [3.63, 3.8) is 0 Å². The number of nitrogens with zero attached hydrogens (tertiary/aromatic N) is 2. The van der Waals surface area contributed by atoms with E-state index in [9.17, 15) is 0 Å². The predicted molar refractivity (Wildman–Crippen MR) is 84.7 cm³/mol. The molecule has 0 fully saturated rings. The van der Waals surface area contributed by atoms with Crippen molar-refractivity contribution in [1.82, 2.24) is 9.78 Å². The molecular weight excluding hydrogens is 266 g/mol. The maximum atomic E-state index is 5.45. The Labute approximate surface area is 128 Å². The third-order valence-electron chi connectivity index (χ3n) is 4.41. The largest absolute Gasteiger partial charge is 0.370 e. The van der Waals surface area contributed by atoms with Gasteiger partial charge in [0, 0.05) is 32.7 Å². The van der Waals surface area contributed by atoms with E-state index in [2.05, 4.69) is 29.9 Å². The first-order chi connectivity index (χ1) is 10.2. The third-order valence-corrected chi connectivity index (χ3v) is 4.41. The van der Waals surface area contributed by atoms with Gasteiger partial charge in [0.1, 0.15) is 11.9 Å². The highest BCUT2D eigenvalue weighted by molar-refractivity contribution is 5.40. The van der Waals surface area contributed by atoms with Crippen molar-refractivity contribution in [2.75, 3.05) is 26.1 Å². The monoisotopic (exact) mass is 295 g/mol. The second-order valence-electron chi connectivity index (χ2n) is 5.77. The van der Waals surface area contributed by atoms with Crippen LogP contribution in [-0.4, -0.2) is 36.8 Å². The molecule has 1 N–H and O–H groups in total. The van der Waals surface area contributed by atoms with Crippen LogP contribution in [0.1, 0.15) is 63.6 Å². The van der Waals surface area contributed by atoms with Gasteiger partial charge in [0.05, 0.1) is 5.69 Å². The minimum Gasteiger partial charge on any atom is -0.370 e. The molecule has 5 heteroatoms. The molecule has 1 aromatic heterocycles. The van der Waals surface area contributed by atoms with Gasteiger partial charge in [-0.1, -0.05) is 26.7 Å². The summed E-state index contributed by atoms with van der Waals surface area (Å²) in [7, 11) is 3.38. The summed E-state index contributed by atoms with van der Waals surface area (Å²) < 4.78 is 13.0. The molecule has 2 unspecified atom stereocenters. The number of methoxy groups -OCH3 is 2. The van der Waals surface area contributed by atoms with Crippen LogP contribution < -0.4 is 5.32 Å². The van der Waals surface area contributed by atoms with Gasteiger partial charge in [-0.15, -0.1) is 0 Å². The predicted octanol–water partition coefficient (Wildman–Crippen LogP) is 3.54. The van der Waals surface area contributed by atoms with Crippen LogP contribution in [-0.2, 0) is 9.47 Å². The smallest absolute Gasteiger partial charge is 0.179 e. The Hall–Kier alpha value is -1.07. The van der Waals surface area contributed by atoms with E-state index in [1.807, 2.05) is 0 Å². The van der Waals surface area contributed by atoms with Crippen LogP contribution in [0.5, 0.6) is 0 Å². The molecule has 120 valence electrons. The first-order valence-corrected chi connectivity index (χ1v) is 8.14. The van der Waals surface area contributed by atoms with Crippen molar-refractivity contribution in [2.45, 2.75) is 64.2 Å². The molecule has 0 radical (unpaired) electrons. The molecule has 2 heterocycles. The average Bonchev–Trinajstić information content (AvgIpc) is 2.94. The van der Waals surface area contributed by atoms with Crippen LogP contribution in [0.3, 0.4) is 0 Å². The maximum Gasteiger partial charge on any atom is 0.179 e. The van der Waals surface area contributed by atoms with Crippen LogP contribution in [0.15, 0.2) is 6.07 Å². The van der Waals surface area contributed by atoms with Crippen LogP contribution in [0.25, 0.3) is 0 Å². The molecule has 0 aliphatic carbocycles. The lowest BCUT2D eigenvalue weighted by Crippen LogP contribution is -2.34. The highest BCUT2D eigenvalue weighted by Gasteiger charge is 2.30. The topological polar surface area (TPSA) is 48.3 Å². The highest BCUT2D eigenvalue weighted by atomic mass is 16.7. The van der Waals surface area contributed by atoms with E-state index < -0.39 is 0 Å². The lowest BCUT2D eigenvalue weighted by atomic mass is 9.96. The van der Waals surface area contributed by atoms with Gasteiger partial charge < -0.3 is 14.8 Å². The van der Waals surface area contributed by atoms with Crippen molar-refractivity contribution < 1.29 is 9.47 Å². The number of hydrogen-bond acceptors (Lipinski definition) is 4. The summed E-state index contributed by atoms with van der Waals surface area (Å²) in [6.07, 6.45) is 5.57. The number of hydrogen-bond donors (Lipinski definition) is 1. The van der Waals surface area contributed by atoms with E-state index in [1.165, 1.54) is 25.0 Å². The fourth-order valence-electron chi connectivity index (χ4n) is 3.14. The number of aromatic nitrogens is 2. The minimum absolute atomic E-state index is 0.147. The van der Waals surface area contributed by atoms with Crippen LogP contribution in [0.2, 0.25) is 0 Å². The fourth-order valence-corrected chi connectivity index (χ4v) is 3.14. The summed E-state index contributed by atoms with van der Waals surface area (Å²) in [6.45, 7) is 5.42. The lowest BCUT2D eigenvalue weighted by molar-refractivity contribution is -0.135. The standard InChI is InChI=1S/C16H29N3O2/c1-5-7-8-12(6-2)13-11-15-17-10-9-14(19(15)18-13)16(20-3)21-4/h11-12,14,16-17H,5-10H2,1-4H3. The zero-order valence-corrected chi connectivity index (χ0v) is 13.8. The minimum atomic E-state index is -0.241. The number of anilines is 1. The third kappa shape index (κ3) is 3.58. The fraction of sp³-hybridized carbons (Fsp3) is 0.812. The summed E-state index contributed by atoms with van der Waals surface area (Å²) in [5.74, 6) is 1.64. The zero-order valence-electron chi connectivity index (χ0n) is 13.8. The molecule has 1 aliphatic heterocycles. The highest BCUT2D eigenvalue weighted by Crippen LogP contribution is 2.32. The molecule has 0 amide bonds. The van der Waals surface area contributed by atoms with E-state index in [0.717, 1.165) is 25.2 Å². The molecular formula is C16H29N3O2. The molecule has 1 aromatic rings. The van der Waals surface area contributed by atoms with Crippen molar-refractivity contribution in [1.29, 1.82) is 0 Å². The van der Waals surface area contributed by atoms with Gasteiger partial charge in [-0.05, 0) is 19.3 Å². The van der Waals surface area contributed by atoms with Crippen molar-refractivity contribution in [2.24, 2.45) is 0 Å². The van der Waals surface area contributed by atoms with Gasteiger partial charge >= 0.3 is 0 Å². The normalized spacial score (nSPS) is 19.4. The maximum absolute atomic E-state index is 5.45. The molecule has 1 aliphatic rings. The average molecular weight is 295 g/mol.